The van der Waals surface area contributed by atoms with Crippen LogP contribution in [0.5, 0.6) is 0 Å². The van der Waals surface area contributed by atoms with Gasteiger partial charge in [-0.2, -0.15) is 0 Å². The second kappa shape index (κ2) is 8.22. The quantitative estimate of drug-likeness (QED) is 0.775. The highest BCUT2D eigenvalue weighted by Crippen LogP contribution is 2.34. The number of aliphatic hydroxyl groups excluding tert-OH is 1. The van der Waals surface area contributed by atoms with E-state index in [9.17, 15) is 5.11 Å². The molecule has 0 saturated carbocycles. The number of thiophene rings is 1. The van der Waals surface area contributed by atoms with Gasteiger partial charge in [0, 0.05) is 23.5 Å². The van der Waals surface area contributed by atoms with Gasteiger partial charge in [-0.1, -0.05) is 25.4 Å². The van der Waals surface area contributed by atoms with Crippen LogP contribution in [0.3, 0.4) is 0 Å². The van der Waals surface area contributed by atoms with Crippen molar-refractivity contribution in [2.45, 2.75) is 51.7 Å². The molecule has 110 valence electrons. The van der Waals surface area contributed by atoms with Crippen LogP contribution in [0.2, 0.25) is 4.34 Å². The lowest BCUT2D eigenvalue weighted by molar-refractivity contribution is 0.0869. The molecule has 0 aliphatic heterocycles. The van der Waals surface area contributed by atoms with E-state index in [1.54, 1.807) is 11.3 Å². The molecule has 3 N–H and O–H groups in total. The van der Waals surface area contributed by atoms with Crippen molar-refractivity contribution in [2.24, 2.45) is 5.73 Å². The number of rotatable bonds is 8. The third-order valence-corrected chi connectivity index (χ3v) is 4.81. The molecule has 0 saturated heterocycles. The van der Waals surface area contributed by atoms with E-state index >= 15 is 0 Å². The lowest BCUT2D eigenvalue weighted by Gasteiger charge is -2.38. The van der Waals surface area contributed by atoms with Crippen molar-refractivity contribution < 1.29 is 5.11 Å². The first-order chi connectivity index (χ1) is 9.04. The highest BCUT2D eigenvalue weighted by molar-refractivity contribution is 7.16. The zero-order valence-electron chi connectivity index (χ0n) is 12.0. The summed E-state index contributed by atoms with van der Waals surface area (Å²) in [6.45, 7) is 7.17. The van der Waals surface area contributed by atoms with Crippen molar-refractivity contribution in [2.75, 3.05) is 13.2 Å². The van der Waals surface area contributed by atoms with Crippen molar-refractivity contribution in [3.63, 3.8) is 0 Å². The van der Waals surface area contributed by atoms with Crippen LogP contribution in [0.15, 0.2) is 12.1 Å². The summed E-state index contributed by atoms with van der Waals surface area (Å²) in [5.74, 6) is 0. The second-order valence-electron chi connectivity index (χ2n) is 4.88. The molecular weight excluding hydrogens is 280 g/mol. The number of hydrogen-bond donors (Lipinski definition) is 2. The van der Waals surface area contributed by atoms with Crippen LogP contribution in [-0.2, 0) is 0 Å². The van der Waals surface area contributed by atoms with Crippen LogP contribution < -0.4 is 5.73 Å². The van der Waals surface area contributed by atoms with Gasteiger partial charge in [-0.25, -0.2) is 0 Å². The molecule has 0 aromatic carbocycles. The van der Waals surface area contributed by atoms with E-state index in [1.807, 2.05) is 19.1 Å². The van der Waals surface area contributed by atoms with E-state index in [1.165, 1.54) is 4.88 Å². The standard InChI is InChI=1S/C14H25ClN2OS/c1-4-11(5-2)17(8-9-18)14(10(3)16)12-6-7-13(15)19-12/h6-7,10-11,14,18H,4-5,8-9,16H2,1-3H3. The molecule has 0 aliphatic carbocycles. The highest BCUT2D eigenvalue weighted by Gasteiger charge is 2.29. The zero-order chi connectivity index (χ0) is 14.4. The van der Waals surface area contributed by atoms with Gasteiger partial charge in [0.25, 0.3) is 0 Å². The minimum absolute atomic E-state index is 0.00173. The molecule has 2 unspecified atom stereocenters. The molecule has 0 fully saturated rings. The van der Waals surface area contributed by atoms with Crippen molar-refractivity contribution in [3.8, 4) is 0 Å². The summed E-state index contributed by atoms with van der Waals surface area (Å²) < 4.78 is 0.786. The second-order valence-corrected chi connectivity index (χ2v) is 6.62. The Labute approximate surface area is 125 Å². The molecule has 1 heterocycles. The highest BCUT2D eigenvalue weighted by atomic mass is 35.5. The molecular formula is C14H25ClN2OS. The number of nitrogens with zero attached hydrogens (tertiary/aromatic N) is 1. The van der Waals surface area contributed by atoms with Crippen molar-refractivity contribution in [1.82, 2.24) is 4.90 Å². The molecule has 2 atom stereocenters. The van der Waals surface area contributed by atoms with Gasteiger partial charge in [0.15, 0.2) is 0 Å². The Morgan fingerprint density at radius 3 is 2.37 bits per heavy atom. The summed E-state index contributed by atoms with van der Waals surface area (Å²) in [6, 6.07) is 4.52. The fourth-order valence-electron chi connectivity index (χ4n) is 2.63. The Hall–Kier alpha value is -0.130. The monoisotopic (exact) mass is 304 g/mol. The first-order valence-electron chi connectivity index (χ1n) is 6.92. The number of hydrogen-bond acceptors (Lipinski definition) is 4. The van der Waals surface area contributed by atoms with E-state index < -0.39 is 0 Å². The first kappa shape index (κ1) is 16.9. The van der Waals surface area contributed by atoms with Crippen molar-refractivity contribution >= 4 is 22.9 Å². The zero-order valence-corrected chi connectivity index (χ0v) is 13.5. The van der Waals surface area contributed by atoms with Crippen LogP contribution in [0.1, 0.15) is 44.5 Å². The molecule has 3 nitrogen and oxygen atoms in total. The summed E-state index contributed by atoms with van der Waals surface area (Å²) in [7, 11) is 0. The van der Waals surface area contributed by atoms with Gasteiger partial charge in [0.2, 0.25) is 0 Å². The van der Waals surface area contributed by atoms with Crippen LogP contribution in [-0.4, -0.2) is 35.2 Å². The smallest absolute Gasteiger partial charge is 0.0931 e. The Morgan fingerprint density at radius 1 is 1.37 bits per heavy atom. The van der Waals surface area contributed by atoms with Gasteiger partial charge in [0.1, 0.15) is 0 Å². The lowest BCUT2D eigenvalue weighted by atomic mass is 10.0. The van der Waals surface area contributed by atoms with Crippen molar-refractivity contribution in [3.05, 3.63) is 21.3 Å². The van der Waals surface area contributed by atoms with Gasteiger partial charge >= 0.3 is 0 Å². The predicted molar refractivity (Wildman–Crippen MR) is 83.9 cm³/mol. The summed E-state index contributed by atoms with van der Waals surface area (Å²) in [5.41, 5.74) is 6.20. The Bertz CT molecular complexity index is 366. The van der Waals surface area contributed by atoms with E-state index in [-0.39, 0.29) is 18.7 Å². The predicted octanol–water partition coefficient (Wildman–Crippen LogP) is 3.27. The molecule has 1 aromatic rings. The third-order valence-electron chi connectivity index (χ3n) is 3.51. The molecule has 0 bridgehead atoms. The number of halogens is 1. The summed E-state index contributed by atoms with van der Waals surface area (Å²) in [4.78, 5) is 3.51. The number of aliphatic hydroxyl groups is 1. The topological polar surface area (TPSA) is 49.5 Å². The maximum absolute atomic E-state index is 9.35. The summed E-state index contributed by atoms with van der Waals surface area (Å²) in [6.07, 6.45) is 2.11. The third kappa shape index (κ3) is 4.43. The molecule has 19 heavy (non-hydrogen) atoms. The lowest BCUT2D eigenvalue weighted by Crippen LogP contribution is -2.45. The van der Waals surface area contributed by atoms with Gasteiger partial charge in [-0.15, -0.1) is 11.3 Å². The summed E-state index contributed by atoms with van der Waals surface area (Å²) in [5, 5.41) is 9.35. The minimum Gasteiger partial charge on any atom is -0.395 e. The SMILES string of the molecule is CCC(CC)N(CCO)C(c1ccc(Cl)s1)C(C)N. The average molecular weight is 305 g/mol. The largest absolute Gasteiger partial charge is 0.395 e. The van der Waals surface area contributed by atoms with Crippen LogP contribution in [0.25, 0.3) is 0 Å². The molecule has 0 radical (unpaired) electrons. The van der Waals surface area contributed by atoms with Crippen LogP contribution in [0.4, 0.5) is 0 Å². The maximum atomic E-state index is 9.35. The van der Waals surface area contributed by atoms with Crippen LogP contribution >= 0.6 is 22.9 Å². The van der Waals surface area contributed by atoms with Gasteiger partial charge < -0.3 is 10.8 Å². The molecule has 1 aromatic heterocycles. The molecule has 1 rings (SSSR count). The van der Waals surface area contributed by atoms with Crippen LogP contribution in [0, 0.1) is 0 Å². The summed E-state index contributed by atoms with van der Waals surface area (Å²) >= 11 is 7.63. The minimum atomic E-state index is 0.00173. The molecule has 0 aliphatic rings. The van der Waals surface area contributed by atoms with Gasteiger partial charge in [0.05, 0.1) is 17.0 Å². The Morgan fingerprint density at radius 2 is 2.00 bits per heavy atom. The van der Waals surface area contributed by atoms with E-state index in [0.717, 1.165) is 17.2 Å². The van der Waals surface area contributed by atoms with E-state index in [2.05, 4.69) is 18.7 Å². The maximum Gasteiger partial charge on any atom is 0.0931 e. The first-order valence-corrected chi connectivity index (χ1v) is 8.11. The Kier molecular flexibility index (Phi) is 7.32. The van der Waals surface area contributed by atoms with E-state index in [0.29, 0.717) is 12.6 Å². The average Bonchev–Trinajstić information content (AvgIpc) is 2.77. The fraction of sp³-hybridized carbons (Fsp3) is 0.714. The molecule has 0 amide bonds. The van der Waals surface area contributed by atoms with Gasteiger partial charge in [-0.3, -0.25) is 4.90 Å². The Balaban J connectivity index is 3.04. The van der Waals surface area contributed by atoms with Crippen molar-refractivity contribution in [1.29, 1.82) is 0 Å². The number of nitrogens with two attached hydrogens (primary N) is 1. The molecule has 0 spiro atoms. The van der Waals surface area contributed by atoms with Gasteiger partial charge in [-0.05, 0) is 31.9 Å². The van der Waals surface area contributed by atoms with E-state index in [4.69, 9.17) is 17.3 Å². The molecule has 5 heteroatoms. The normalized spacial score (nSPS) is 15.2. The fourth-order valence-corrected chi connectivity index (χ4v) is 3.93.